The third-order valence-electron chi connectivity index (χ3n) is 5.03. The Kier molecular flexibility index (Phi) is 4.76. The number of amides is 1. The van der Waals surface area contributed by atoms with Crippen LogP contribution < -0.4 is 4.90 Å². The van der Waals surface area contributed by atoms with Crippen molar-refractivity contribution in [1.29, 1.82) is 0 Å². The zero-order valence-electron chi connectivity index (χ0n) is 16.3. The second-order valence-corrected chi connectivity index (χ2v) is 6.88. The fraction of sp³-hybridized carbons (Fsp3) is 0.444. The molecule has 0 saturated carbocycles. The summed E-state index contributed by atoms with van der Waals surface area (Å²) >= 11 is 0. The summed E-state index contributed by atoms with van der Waals surface area (Å²) in [4.78, 5) is 33.9. The van der Waals surface area contributed by atoms with Gasteiger partial charge >= 0.3 is 0 Å². The highest BCUT2D eigenvalue weighted by atomic mass is 16.2. The van der Waals surface area contributed by atoms with Gasteiger partial charge in [0.15, 0.2) is 0 Å². The molecule has 0 atom stereocenters. The summed E-state index contributed by atoms with van der Waals surface area (Å²) in [7, 11) is 0. The van der Waals surface area contributed by atoms with E-state index in [1.54, 1.807) is 17.3 Å². The molecule has 1 aliphatic heterocycles. The van der Waals surface area contributed by atoms with Crippen molar-refractivity contribution < 1.29 is 4.79 Å². The summed E-state index contributed by atoms with van der Waals surface area (Å²) in [6.45, 7) is 8.86. The third kappa shape index (κ3) is 3.57. The van der Waals surface area contributed by atoms with E-state index in [4.69, 9.17) is 0 Å². The highest BCUT2D eigenvalue weighted by molar-refractivity contribution is 5.76. The van der Waals surface area contributed by atoms with Crippen molar-refractivity contribution in [1.82, 2.24) is 39.2 Å². The molecule has 4 heterocycles. The summed E-state index contributed by atoms with van der Waals surface area (Å²) < 4.78 is 3.52. The first kappa shape index (κ1) is 18.1. The van der Waals surface area contributed by atoms with Crippen molar-refractivity contribution in [3.63, 3.8) is 0 Å². The third-order valence-corrected chi connectivity index (χ3v) is 5.03. The number of hydrogen-bond donors (Lipinski definition) is 0. The smallest absolute Gasteiger partial charge is 0.244 e. The molecule has 1 fully saturated rings. The number of carbonyl (C=O) groups excluding carboxylic acids is 1. The molecule has 28 heavy (non-hydrogen) atoms. The van der Waals surface area contributed by atoms with E-state index in [1.165, 1.54) is 6.33 Å². The maximum absolute atomic E-state index is 12.4. The number of carbonyl (C=O) groups is 1. The first-order valence-corrected chi connectivity index (χ1v) is 9.23. The molecular weight excluding hydrogens is 358 g/mol. The Labute approximate surface area is 162 Å². The fourth-order valence-electron chi connectivity index (χ4n) is 3.29. The zero-order valence-corrected chi connectivity index (χ0v) is 16.3. The van der Waals surface area contributed by atoms with Crippen molar-refractivity contribution in [2.45, 2.75) is 27.3 Å². The van der Waals surface area contributed by atoms with Crippen LogP contribution in [0.2, 0.25) is 0 Å². The number of aromatic nitrogens is 7. The van der Waals surface area contributed by atoms with Crippen LogP contribution in [0.4, 0.5) is 5.82 Å². The molecule has 4 rings (SSSR count). The van der Waals surface area contributed by atoms with E-state index < -0.39 is 0 Å². The molecule has 1 amide bonds. The summed E-state index contributed by atoms with van der Waals surface area (Å²) in [5.41, 5.74) is 2.05. The lowest BCUT2D eigenvalue weighted by Crippen LogP contribution is -2.50. The van der Waals surface area contributed by atoms with E-state index in [9.17, 15) is 4.79 Å². The lowest BCUT2D eigenvalue weighted by Gasteiger charge is -2.35. The molecule has 10 nitrogen and oxygen atoms in total. The number of hydrogen-bond acceptors (Lipinski definition) is 7. The summed E-state index contributed by atoms with van der Waals surface area (Å²) in [5, 5.41) is 3.99. The standard InChI is InChI=1S/C18H23N9O/c1-13-14(2)27(12-20-13)17-8-16(22-15(3)23-17)24-4-6-25(7-5-24)18(28)9-26-11-19-10-21-26/h8,10-12H,4-7,9H2,1-3H3. The predicted molar refractivity (Wildman–Crippen MR) is 102 cm³/mol. The van der Waals surface area contributed by atoms with E-state index in [1.807, 2.05) is 36.3 Å². The molecule has 0 N–H and O–H groups in total. The minimum atomic E-state index is 0.0502. The first-order chi connectivity index (χ1) is 13.5. The lowest BCUT2D eigenvalue weighted by atomic mass is 10.3. The average molecular weight is 381 g/mol. The van der Waals surface area contributed by atoms with Gasteiger partial charge in [0.25, 0.3) is 0 Å². The maximum atomic E-state index is 12.4. The molecule has 1 saturated heterocycles. The van der Waals surface area contributed by atoms with E-state index in [0.717, 1.165) is 36.1 Å². The largest absolute Gasteiger partial charge is 0.353 e. The van der Waals surface area contributed by atoms with Gasteiger partial charge in [-0.15, -0.1) is 0 Å². The van der Waals surface area contributed by atoms with Gasteiger partial charge in [0.2, 0.25) is 5.91 Å². The van der Waals surface area contributed by atoms with Crippen LogP contribution in [0.25, 0.3) is 5.82 Å². The van der Waals surface area contributed by atoms with Crippen LogP contribution >= 0.6 is 0 Å². The van der Waals surface area contributed by atoms with Gasteiger partial charge in [-0.2, -0.15) is 5.10 Å². The van der Waals surface area contributed by atoms with Gasteiger partial charge in [-0.25, -0.2) is 24.6 Å². The van der Waals surface area contributed by atoms with Crippen LogP contribution in [0.3, 0.4) is 0 Å². The number of anilines is 1. The number of nitrogens with zero attached hydrogens (tertiary/aromatic N) is 9. The lowest BCUT2D eigenvalue weighted by molar-refractivity contribution is -0.132. The molecule has 0 spiro atoms. The van der Waals surface area contributed by atoms with Crippen LogP contribution in [-0.4, -0.2) is 71.3 Å². The fourth-order valence-corrected chi connectivity index (χ4v) is 3.29. The Bertz CT molecular complexity index is 971. The number of aryl methyl sites for hydroxylation is 2. The number of imidazole rings is 1. The highest BCUT2D eigenvalue weighted by Crippen LogP contribution is 2.19. The van der Waals surface area contributed by atoms with Crippen LogP contribution in [0.1, 0.15) is 17.2 Å². The Morgan fingerprint density at radius 1 is 1.04 bits per heavy atom. The van der Waals surface area contributed by atoms with Crippen LogP contribution in [0, 0.1) is 20.8 Å². The molecule has 10 heteroatoms. The molecule has 3 aromatic heterocycles. The van der Waals surface area contributed by atoms with Gasteiger partial charge in [0.1, 0.15) is 43.0 Å². The monoisotopic (exact) mass is 381 g/mol. The zero-order chi connectivity index (χ0) is 19.7. The molecular formula is C18H23N9O. The van der Waals surface area contributed by atoms with Gasteiger partial charge in [-0.1, -0.05) is 0 Å². The highest BCUT2D eigenvalue weighted by Gasteiger charge is 2.23. The molecule has 0 unspecified atom stereocenters. The van der Waals surface area contributed by atoms with Gasteiger partial charge in [-0.3, -0.25) is 9.36 Å². The van der Waals surface area contributed by atoms with E-state index >= 15 is 0 Å². The Balaban J connectivity index is 1.46. The SMILES string of the molecule is Cc1nc(N2CCN(C(=O)Cn3cncn3)CC2)cc(-n2cnc(C)c2C)n1. The van der Waals surface area contributed by atoms with E-state index in [0.29, 0.717) is 18.9 Å². The van der Waals surface area contributed by atoms with Gasteiger partial charge < -0.3 is 9.80 Å². The molecule has 0 bridgehead atoms. The Morgan fingerprint density at radius 2 is 1.79 bits per heavy atom. The molecule has 3 aromatic rings. The van der Waals surface area contributed by atoms with Gasteiger partial charge in [0, 0.05) is 37.9 Å². The van der Waals surface area contributed by atoms with Crippen molar-refractivity contribution in [3.8, 4) is 5.82 Å². The molecule has 0 radical (unpaired) electrons. The summed E-state index contributed by atoms with van der Waals surface area (Å²) in [6.07, 6.45) is 4.78. The second kappa shape index (κ2) is 7.37. The first-order valence-electron chi connectivity index (χ1n) is 9.23. The summed E-state index contributed by atoms with van der Waals surface area (Å²) in [5.74, 6) is 2.44. The van der Waals surface area contributed by atoms with Gasteiger partial charge in [0.05, 0.1) is 5.69 Å². The van der Waals surface area contributed by atoms with Crippen molar-refractivity contribution in [3.05, 3.63) is 42.3 Å². The molecule has 0 aromatic carbocycles. The number of piperazine rings is 1. The van der Waals surface area contributed by atoms with Gasteiger partial charge in [-0.05, 0) is 20.8 Å². The molecule has 1 aliphatic rings. The van der Waals surface area contributed by atoms with Crippen LogP contribution in [0.15, 0.2) is 25.0 Å². The normalized spacial score (nSPS) is 14.5. The topological polar surface area (TPSA) is 97.9 Å². The summed E-state index contributed by atoms with van der Waals surface area (Å²) in [6, 6.07) is 1.98. The Morgan fingerprint density at radius 3 is 2.43 bits per heavy atom. The minimum absolute atomic E-state index is 0.0502. The van der Waals surface area contributed by atoms with Crippen LogP contribution in [0.5, 0.6) is 0 Å². The molecule has 146 valence electrons. The minimum Gasteiger partial charge on any atom is -0.353 e. The Hall–Kier alpha value is -3.30. The maximum Gasteiger partial charge on any atom is 0.244 e. The average Bonchev–Trinajstić information content (AvgIpc) is 3.32. The van der Waals surface area contributed by atoms with Crippen molar-refractivity contribution >= 4 is 11.7 Å². The second-order valence-electron chi connectivity index (χ2n) is 6.88. The predicted octanol–water partition coefficient (Wildman–Crippen LogP) is 0.528. The van der Waals surface area contributed by atoms with Crippen molar-refractivity contribution in [2.75, 3.05) is 31.1 Å². The van der Waals surface area contributed by atoms with E-state index in [2.05, 4.69) is 29.9 Å². The quantitative estimate of drug-likeness (QED) is 0.650. The number of rotatable bonds is 4. The molecule has 0 aliphatic carbocycles. The van der Waals surface area contributed by atoms with Crippen LogP contribution in [-0.2, 0) is 11.3 Å². The van der Waals surface area contributed by atoms with Crippen molar-refractivity contribution in [2.24, 2.45) is 0 Å². The van der Waals surface area contributed by atoms with E-state index in [-0.39, 0.29) is 12.5 Å².